The molecule has 3 aliphatic heterocycles. The lowest BCUT2D eigenvalue weighted by molar-refractivity contribution is -0.272. The summed E-state index contributed by atoms with van der Waals surface area (Å²) in [5.41, 5.74) is 5.30. The maximum Gasteiger partial charge on any atom is 0.471 e. The van der Waals surface area contributed by atoms with E-state index in [2.05, 4.69) is 56.3 Å². The van der Waals surface area contributed by atoms with Crippen molar-refractivity contribution in [1.82, 2.24) is 42.5 Å². The van der Waals surface area contributed by atoms with Crippen molar-refractivity contribution >= 4 is 108 Å². The molecule has 0 radical (unpaired) electrons. The highest BCUT2D eigenvalue weighted by Gasteiger charge is 2.54. The maximum absolute atomic E-state index is 14.6. The van der Waals surface area contributed by atoms with Crippen LogP contribution in [0.5, 0.6) is 5.75 Å². The molecule has 146 heavy (non-hydrogen) atoms. The highest BCUT2D eigenvalue weighted by atomic mass is 31.2. The van der Waals surface area contributed by atoms with Crippen LogP contribution in [0.15, 0.2) is 0 Å². The summed E-state index contributed by atoms with van der Waals surface area (Å²) < 4.78 is 163. The van der Waals surface area contributed by atoms with Gasteiger partial charge in [-0.2, -0.15) is 8.78 Å². The van der Waals surface area contributed by atoms with E-state index in [4.69, 9.17) is 67.5 Å². The van der Waals surface area contributed by atoms with Crippen LogP contribution < -0.4 is 53.0 Å². The molecule has 3 heterocycles. The first-order valence-electron chi connectivity index (χ1n) is 50.3. The summed E-state index contributed by atoms with van der Waals surface area (Å²) in [6, 6.07) is -3.11. The van der Waals surface area contributed by atoms with E-state index >= 15 is 0 Å². The van der Waals surface area contributed by atoms with Crippen molar-refractivity contribution in [2.24, 2.45) is 17.6 Å². The normalized spacial score (nSPS) is 21.3. The number of ketones is 2. The number of hydrogen-bond acceptors (Lipinski definition) is 34. The van der Waals surface area contributed by atoms with Gasteiger partial charge in [-0.15, -0.1) is 0 Å². The maximum atomic E-state index is 14.6. The molecule has 1 aromatic rings. The van der Waals surface area contributed by atoms with Crippen LogP contribution in [-0.4, -0.2) is 270 Å². The highest BCUT2D eigenvalue weighted by molar-refractivity contribution is 7.47. The van der Waals surface area contributed by atoms with Gasteiger partial charge in [0.05, 0.1) is 6.61 Å². The lowest BCUT2D eigenvalue weighted by atomic mass is 9.80. The average molecular weight is 2120 g/mol. The number of benzene rings is 1. The topological polar surface area (TPSA) is 588 Å². The molecule has 3 fully saturated rings. The minimum atomic E-state index is -3.75. The van der Waals surface area contributed by atoms with Crippen molar-refractivity contribution in [2.45, 2.75) is 393 Å². The minimum Gasteiger partial charge on any atom is -0.456 e. The van der Waals surface area contributed by atoms with E-state index in [1.165, 1.54) is 62.3 Å². The van der Waals surface area contributed by atoms with Gasteiger partial charge in [0.15, 0.2) is 55.5 Å². The second-order valence-electron chi connectivity index (χ2n) is 35.7. The summed E-state index contributed by atoms with van der Waals surface area (Å²) in [7, 11) is -2.61. The Hall–Kier alpha value is -9.91. The lowest BCUT2D eigenvalue weighted by Crippen LogP contribution is -2.65. The molecule has 8 amide bonds. The molecule has 0 spiro atoms. The van der Waals surface area contributed by atoms with Gasteiger partial charge in [0.2, 0.25) is 82.1 Å². The van der Waals surface area contributed by atoms with E-state index in [9.17, 15) is 108 Å². The van der Waals surface area contributed by atoms with Crippen molar-refractivity contribution in [3.8, 4) is 5.75 Å². The fourth-order valence-corrected chi connectivity index (χ4v) is 16.9. The number of ether oxygens (including phenoxy) is 13. The molecule has 0 saturated carbocycles. The smallest absolute Gasteiger partial charge is 0.456 e. The highest BCUT2D eigenvalue weighted by Crippen LogP contribution is 2.42. The first-order valence-corrected chi connectivity index (χ1v) is 51.8. The van der Waals surface area contributed by atoms with Gasteiger partial charge in [-0.3, -0.25) is 90.6 Å². The molecule has 0 aliphatic carbocycles. The molecule has 18 unspecified atom stereocenters. The summed E-state index contributed by atoms with van der Waals surface area (Å²) >= 11 is 0. The fraction of sp³-hybridized carbons (Fsp3) is 0.763. The molecular formula is C97H155F5N9O34P. The summed E-state index contributed by atoms with van der Waals surface area (Å²) in [6.45, 7) is 18.1. The number of amides is 8. The summed E-state index contributed by atoms with van der Waals surface area (Å²) in [4.78, 5) is 226. The second-order valence-corrected chi connectivity index (χ2v) is 37.3. The number of carbonyl (C=O) groups excluding carboxylic acids is 17. The Morgan fingerprint density at radius 3 is 1.06 bits per heavy atom. The third-order valence-electron chi connectivity index (χ3n) is 23.4. The van der Waals surface area contributed by atoms with E-state index in [0.717, 1.165) is 32.8 Å². The van der Waals surface area contributed by atoms with Gasteiger partial charge in [-0.05, 0) is 128 Å². The zero-order valence-electron chi connectivity index (χ0n) is 86.3. The number of hydrogen-bond donors (Lipinski definition) is 10. The van der Waals surface area contributed by atoms with Gasteiger partial charge in [0.25, 0.3) is 0 Å². The number of Topliss-reactive ketones (excluding diaryl/α,β-unsaturated/α-hetero) is 2. The molecule has 49 heteroatoms. The first kappa shape index (κ1) is 130. The monoisotopic (exact) mass is 2120 g/mol. The van der Waals surface area contributed by atoms with Gasteiger partial charge < -0.3 is 115 Å². The van der Waals surface area contributed by atoms with Crippen LogP contribution in [0, 0.1) is 40.9 Å². The molecule has 0 aromatic heterocycles. The summed E-state index contributed by atoms with van der Waals surface area (Å²) in [6.07, 6.45) is -2.25. The Morgan fingerprint density at radius 2 is 0.685 bits per heavy atom. The Bertz CT molecular complexity index is 4190. The van der Waals surface area contributed by atoms with E-state index in [1.807, 2.05) is 0 Å². The molecule has 1 aromatic carbocycles. The summed E-state index contributed by atoms with van der Waals surface area (Å²) in [5.74, 6) is -24.9. The van der Waals surface area contributed by atoms with Crippen LogP contribution in [0.4, 0.5) is 22.0 Å². The van der Waals surface area contributed by atoms with Gasteiger partial charge in [-0.1, -0.05) is 65.7 Å². The van der Waals surface area contributed by atoms with Crippen LogP contribution in [0.1, 0.15) is 301 Å². The molecule has 832 valence electrons. The van der Waals surface area contributed by atoms with Crippen LogP contribution >= 0.6 is 7.82 Å². The zero-order valence-corrected chi connectivity index (χ0v) is 87.2. The minimum absolute atomic E-state index is 0.0108. The second kappa shape index (κ2) is 72.5. The van der Waals surface area contributed by atoms with Crippen molar-refractivity contribution in [1.29, 1.82) is 0 Å². The molecule has 0 bridgehead atoms. The van der Waals surface area contributed by atoms with Gasteiger partial charge in [-0.25, -0.2) is 17.7 Å². The van der Waals surface area contributed by atoms with Crippen molar-refractivity contribution < 1.29 is 184 Å². The van der Waals surface area contributed by atoms with E-state index in [-0.39, 0.29) is 178 Å². The number of phosphoric acid groups is 1. The van der Waals surface area contributed by atoms with E-state index in [0.29, 0.717) is 103 Å². The number of unbranched alkanes of at least 4 members (excludes halogenated alkanes) is 12. The predicted molar refractivity (Wildman–Crippen MR) is 510 cm³/mol. The molecule has 3 aliphatic rings. The average Bonchev–Trinajstić information content (AvgIpc) is 0.804. The molecule has 43 nitrogen and oxygen atoms in total. The molecular weight excluding hydrogens is 1960 g/mol. The van der Waals surface area contributed by atoms with Crippen LogP contribution in [0.3, 0.4) is 0 Å². The quantitative estimate of drug-likeness (QED) is 0.00426. The van der Waals surface area contributed by atoms with Crippen molar-refractivity contribution in [3.05, 3.63) is 29.1 Å². The van der Waals surface area contributed by atoms with Crippen LogP contribution in [0.2, 0.25) is 0 Å². The first-order chi connectivity index (χ1) is 69.3. The number of nitrogens with one attached hydrogen (secondary N) is 8. The Balaban J connectivity index is 0.00000390. The van der Waals surface area contributed by atoms with E-state index < -0.39 is 224 Å². The number of rotatable bonds is 71. The summed E-state index contributed by atoms with van der Waals surface area (Å²) in [5, 5.41) is 22.3. The lowest BCUT2D eigenvalue weighted by Gasteiger charge is -2.45. The zero-order chi connectivity index (χ0) is 109. The van der Waals surface area contributed by atoms with Crippen LogP contribution in [0.25, 0.3) is 0 Å². The largest absolute Gasteiger partial charge is 0.471 e. The fourth-order valence-electron chi connectivity index (χ4n) is 16.5. The standard InChI is InChI=1S/C90H137F5N8O30.C7H18NO4P/c1-13-64-80(124-54(7)107)84(127-57(10)110)77(101-51(4)104)88(130-64)121-46-27-17-22-37-67(115)96-41-26-25-34-62(114)49-60(50-70(118)99-44-31-42-97-68(116)38-23-18-28-47-122-89-78(102-52(5)105)85(128-58(11)111)81(125-55(8)108)65(14-2)131-89)63(36-21-16-20-33-61(113)35-30-40-71(119)133-83-75(94)73(92)72(91)74(93)76(83)95)87(120)100-45-32-43-98-69(117)39-24-19-29-48-123-90-79(103-53(6)106)86(129-59(12)112)82(126-56(9)109)66(15-3)132-90;1-11-13(9,10)12-7-5-3-2-4-6-8/h60,63-66,77-82,84-86,88-90H,13-50H2,1-12H3,(H,96,115)(H,97,116)(H,98,117)(H,99,118)(H,100,120)(H,101,104)(H,102,105)(H,103,106);2-8H2,1H3,(H,9,10). The third-order valence-corrected chi connectivity index (χ3v) is 24.3. The number of nitrogens with two attached hydrogens (primary N) is 1. The SMILES string of the molecule is CCC1OC(OCCCCCC(=O)NCCCCC(=O)CC(CC(=O)NCCCNC(=O)CCCCCOC2OC(CC)C(OC(C)=O)C(OC(C)=O)C2NC(C)=O)C(CCCCCC(=O)CCCC(=O)Oc2c(F)c(F)c(F)c(F)c2F)C(=O)NCCCNC(=O)CCCCCOC2OC(CC)C(OC(C)=O)C(OC(C)=O)C2NC(C)=O)C(NC(C)=O)C(OC(C)=O)C1OC(C)=O.COP(=O)(O)OCCCCCCN. The van der Waals surface area contributed by atoms with Crippen molar-refractivity contribution in [3.63, 3.8) is 0 Å². The van der Waals surface area contributed by atoms with Gasteiger partial charge in [0, 0.05) is 186 Å². The Labute approximate surface area is 849 Å². The number of phosphoric ester groups is 1. The van der Waals surface area contributed by atoms with Gasteiger partial charge in [0.1, 0.15) is 48.0 Å². The van der Waals surface area contributed by atoms with Crippen molar-refractivity contribution in [2.75, 3.05) is 72.8 Å². The number of carbonyl (C=O) groups is 17. The van der Waals surface area contributed by atoms with Gasteiger partial charge >= 0.3 is 49.6 Å². The number of esters is 7. The predicted octanol–water partition coefficient (Wildman–Crippen LogP) is 8.60. The Kier molecular flexibility index (Phi) is 64.6. The Morgan fingerprint density at radius 1 is 0.363 bits per heavy atom. The molecule has 18 atom stereocenters. The molecule has 11 N–H and O–H groups in total. The number of halogens is 5. The molecule has 3 saturated heterocycles. The van der Waals surface area contributed by atoms with Crippen LogP contribution in [-0.2, 0) is 152 Å². The molecule has 4 rings (SSSR count). The van der Waals surface area contributed by atoms with E-state index in [1.54, 1.807) is 20.8 Å². The third kappa shape index (κ3) is 52.3.